The van der Waals surface area contributed by atoms with E-state index in [0.717, 1.165) is 5.56 Å². The number of nitrogens with zero attached hydrogens (tertiary/aromatic N) is 4. The van der Waals surface area contributed by atoms with Crippen molar-refractivity contribution in [3.63, 3.8) is 0 Å². The van der Waals surface area contributed by atoms with E-state index in [9.17, 15) is 9.59 Å². The summed E-state index contributed by atoms with van der Waals surface area (Å²) in [6.07, 6.45) is 1.91. The summed E-state index contributed by atoms with van der Waals surface area (Å²) in [5.41, 5.74) is 1.02. The first-order valence-electron chi connectivity index (χ1n) is 7.89. The molecule has 2 aromatic rings. The van der Waals surface area contributed by atoms with Crippen LogP contribution in [0.1, 0.15) is 25.5 Å². The summed E-state index contributed by atoms with van der Waals surface area (Å²) in [5.74, 6) is -0.303. The minimum Gasteiger partial charge on any atom is -0.354 e. The molecule has 1 atom stereocenters. The third kappa shape index (κ3) is 5.15. The normalized spacial score (nSPS) is 12.0. The highest BCUT2D eigenvalue weighted by atomic mass is 16.2. The van der Waals surface area contributed by atoms with Gasteiger partial charge in [-0.25, -0.2) is 4.68 Å². The topological polar surface area (TPSA) is 102 Å². The maximum Gasteiger partial charge on any atom is 0.245 e. The highest BCUT2D eigenvalue weighted by molar-refractivity contribution is 5.80. The molecule has 1 aromatic heterocycles. The van der Waals surface area contributed by atoms with Crippen LogP contribution in [-0.4, -0.2) is 45.1 Å². The number of carbonyl (C=O) groups is 2. The molecule has 1 heterocycles. The third-order valence-electron chi connectivity index (χ3n) is 3.51. The predicted molar refractivity (Wildman–Crippen MR) is 87.9 cm³/mol. The average Bonchev–Trinajstić information content (AvgIpc) is 3.11. The summed E-state index contributed by atoms with van der Waals surface area (Å²) in [4.78, 5) is 24.0. The van der Waals surface area contributed by atoms with Crippen LogP contribution in [0.3, 0.4) is 0 Å². The van der Waals surface area contributed by atoms with Gasteiger partial charge in [0.15, 0.2) is 0 Å². The molecule has 1 unspecified atom stereocenters. The van der Waals surface area contributed by atoms with Crippen molar-refractivity contribution in [1.29, 1.82) is 0 Å². The number of aromatic nitrogens is 4. The molecular formula is C16H22N6O2. The standard InChI is InChI=1S/C16H22N6O2/c1-12(2)15(23)17-8-9-18-16(24)14(22-11-19-20-21-22)10-13-6-4-3-5-7-13/h3-7,11-12,14H,8-10H2,1-2H3,(H,17,23)(H,18,24). The molecule has 128 valence electrons. The predicted octanol–water partition coefficient (Wildman–Crippen LogP) is 0.345. The molecule has 0 spiro atoms. The number of tetrazole rings is 1. The van der Waals surface area contributed by atoms with Gasteiger partial charge in [-0.05, 0) is 16.0 Å². The molecule has 8 nitrogen and oxygen atoms in total. The van der Waals surface area contributed by atoms with Gasteiger partial charge in [-0.1, -0.05) is 44.2 Å². The molecule has 0 saturated heterocycles. The van der Waals surface area contributed by atoms with Gasteiger partial charge in [0, 0.05) is 25.4 Å². The Balaban J connectivity index is 1.92. The SMILES string of the molecule is CC(C)C(=O)NCCNC(=O)C(Cc1ccccc1)n1cnnn1. The van der Waals surface area contributed by atoms with E-state index in [4.69, 9.17) is 0 Å². The van der Waals surface area contributed by atoms with Crippen LogP contribution in [0.2, 0.25) is 0 Å². The summed E-state index contributed by atoms with van der Waals surface area (Å²) in [6, 6.07) is 9.13. The molecular weight excluding hydrogens is 308 g/mol. The van der Waals surface area contributed by atoms with Crippen LogP contribution in [0, 0.1) is 5.92 Å². The maximum atomic E-state index is 12.5. The zero-order valence-corrected chi connectivity index (χ0v) is 13.8. The summed E-state index contributed by atoms with van der Waals surface area (Å²) >= 11 is 0. The number of hydrogen-bond acceptors (Lipinski definition) is 5. The molecule has 24 heavy (non-hydrogen) atoms. The van der Waals surface area contributed by atoms with Gasteiger partial charge in [-0.15, -0.1) is 5.10 Å². The minimum atomic E-state index is -0.539. The summed E-state index contributed by atoms with van der Waals surface area (Å²) in [6.45, 7) is 4.38. The number of rotatable bonds is 8. The Kier molecular flexibility index (Phi) is 6.41. The number of amides is 2. The van der Waals surface area contributed by atoms with Gasteiger partial charge in [0.1, 0.15) is 12.4 Å². The number of nitrogens with one attached hydrogen (secondary N) is 2. The molecule has 0 aliphatic carbocycles. The molecule has 0 saturated carbocycles. The molecule has 0 fully saturated rings. The Hall–Kier alpha value is -2.77. The lowest BCUT2D eigenvalue weighted by atomic mass is 10.1. The highest BCUT2D eigenvalue weighted by Gasteiger charge is 2.22. The van der Waals surface area contributed by atoms with E-state index in [2.05, 4.69) is 26.2 Å². The Bertz CT molecular complexity index is 642. The van der Waals surface area contributed by atoms with Crippen molar-refractivity contribution in [3.05, 3.63) is 42.2 Å². The van der Waals surface area contributed by atoms with Crippen LogP contribution in [0.5, 0.6) is 0 Å². The van der Waals surface area contributed by atoms with E-state index in [1.54, 1.807) is 0 Å². The molecule has 0 radical (unpaired) electrons. The van der Waals surface area contributed by atoms with Gasteiger partial charge < -0.3 is 10.6 Å². The van der Waals surface area contributed by atoms with Crippen molar-refractivity contribution < 1.29 is 9.59 Å². The van der Waals surface area contributed by atoms with Crippen LogP contribution in [0.15, 0.2) is 36.7 Å². The van der Waals surface area contributed by atoms with Crippen LogP contribution >= 0.6 is 0 Å². The molecule has 8 heteroatoms. The van der Waals surface area contributed by atoms with Crippen molar-refractivity contribution in [2.45, 2.75) is 26.3 Å². The second kappa shape index (κ2) is 8.76. The first kappa shape index (κ1) is 17.6. The van der Waals surface area contributed by atoms with Gasteiger partial charge >= 0.3 is 0 Å². The highest BCUT2D eigenvalue weighted by Crippen LogP contribution is 2.13. The van der Waals surface area contributed by atoms with Crippen molar-refractivity contribution in [2.75, 3.05) is 13.1 Å². The minimum absolute atomic E-state index is 0.0365. The zero-order chi connectivity index (χ0) is 17.4. The fraction of sp³-hybridized carbons (Fsp3) is 0.438. The lowest BCUT2D eigenvalue weighted by molar-refractivity contribution is -0.126. The van der Waals surface area contributed by atoms with Crippen LogP contribution in [0.25, 0.3) is 0 Å². The summed E-state index contributed by atoms with van der Waals surface area (Å²) in [5, 5.41) is 16.6. The fourth-order valence-electron chi connectivity index (χ4n) is 2.15. The van der Waals surface area contributed by atoms with Gasteiger partial charge in [-0.3, -0.25) is 9.59 Å². The number of benzene rings is 1. The molecule has 0 aliphatic rings. The molecule has 2 N–H and O–H groups in total. The first-order chi connectivity index (χ1) is 11.6. The molecule has 0 aliphatic heterocycles. The van der Waals surface area contributed by atoms with Gasteiger partial charge in [0.05, 0.1) is 0 Å². The Morgan fingerprint density at radius 1 is 1.08 bits per heavy atom. The van der Waals surface area contributed by atoms with Gasteiger partial charge in [-0.2, -0.15) is 0 Å². The van der Waals surface area contributed by atoms with E-state index in [1.807, 2.05) is 44.2 Å². The molecule has 2 rings (SSSR count). The fourth-order valence-corrected chi connectivity index (χ4v) is 2.15. The van der Waals surface area contributed by atoms with E-state index in [0.29, 0.717) is 19.5 Å². The Morgan fingerprint density at radius 3 is 2.33 bits per heavy atom. The molecule has 2 amide bonds. The van der Waals surface area contributed by atoms with E-state index in [-0.39, 0.29) is 17.7 Å². The molecule has 0 bridgehead atoms. The average molecular weight is 330 g/mol. The first-order valence-corrected chi connectivity index (χ1v) is 7.89. The number of hydrogen-bond donors (Lipinski definition) is 2. The lowest BCUT2D eigenvalue weighted by Crippen LogP contribution is -2.40. The van der Waals surface area contributed by atoms with Crippen LogP contribution < -0.4 is 10.6 Å². The van der Waals surface area contributed by atoms with Gasteiger partial charge in [0.2, 0.25) is 11.8 Å². The smallest absolute Gasteiger partial charge is 0.245 e. The third-order valence-corrected chi connectivity index (χ3v) is 3.51. The van der Waals surface area contributed by atoms with E-state index in [1.165, 1.54) is 11.0 Å². The lowest BCUT2D eigenvalue weighted by Gasteiger charge is -2.16. The van der Waals surface area contributed by atoms with E-state index < -0.39 is 6.04 Å². The second-order valence-electron chi connectivity index (χ2n) is 5.73. The van der Waals surface area contributed by atoms with Crippen LogP contribution in [0.4, 0.5) is 0 Å². The maximum absolute atomic E-state index is 12.5. The van der Waals surface area contributed by atoms with Crippen molar-refractivity contribution in [1.82, 2.24) is 30.8 Å². The summed E-state index contributed by atoms with van der Waals surface area (Å²) in [7, 11) is 0. The largest absolute Gasteiger partial charge is 0.354 e. The van der Waals surface area contributed by atoms with E-state index >= 15 is 0 Å². The van der Waals surface area contributed by atoms with Crippen LogP contribution in [-0.2, 0) is 16.0 Å². The van der Waals surface area contributed by atoms with Gasteiger partial charge in [0.25, 0.3) is 0 Å². The van der Waals surface area contributed by atoms with Crippen molar-refractivity contribution in [2.24, 2.45) is 5.92 Å². The van der Waals surface area contributed by atoms with Crippen molar-refractivity contribution in [3.8, 4) is 0 Å². The summed E-state index contributed by atoms with van der Waals surface area (Å²) < 4.78 is 1.44. The Labute approximate surface area is 140 Å². The zero-order valence-electron chi connectivity index (χ0n) is 13.8. The van der Waals surface area contributed by atoms with Crippen molar-refractivity contribution >= 4 is 11.8 Å². The monoisotopic (exact) mass is 330 g/mol. The quantitative estimate of drug-likeness (QED) is 0.680. The Morgan fingerprint density at radius 2 is 1.75 bits per heavy atom. The number of carbonyl (C=O) groups excluding carboxylic acids is 2. The molecule has 1 aromatic carbocycles. The second-order valence-corrected chi connectivity index (χ2v) is 5.73.